The van der Waals surface area contributed by atoms with E-state index in [1.165, 1.54) is 29.8 Å². The minimum absolute atomic E-state index is 0.0955. The highest BCUT2D eigenvalue weighted by Gasteiger charge is 2.22. The number of hydrogen-bond acceptors (Lipinski definition) is 6. The third kappa shape index (κ3) is 5.99. The van der Waals surface area contributed by atoms with Gasteiger partial charge in [-0.3, -0.25) is 9.59 Å². The molecule has 0 spiro atoms. The first-order valence-corrected chi connectivity index (χ1v) is 16.0. The molecule has 2 amide bonds. The fourth-order valence-corrected chi connectivity index (χ4v) is 6.43. The molecule has 0 fully saturated rings. The van der Waals surface area contributed by atoms with Crippen molar-refractivity contribution in [2.24, 2.45) is 5.73 Å². The molecular formula is C41H31N3O7. The molecule has 0 saturated carbocycles. The molecule has 7 rings (SSSR count). The number of carboxylic acids is 2. The molecule has 7 aromatic carbocycles. The Balaban J connectivity index is 1.29. The molecule has 7 aromatic rings. The van der Waals surface area contributed by atoms with Crippen LogP contribution in [0, 0.1) is 0 Å². The van der Waals surface area contributed by atoms with Crippen molar-refractivity contribution in [1.82, 2.24) is 0 Å². The van der Waals surface area contributed by atoms with Crippen molar-refractivity contribution in [3.05, 3.63) is 131 Å². The summed E-state index contributed by atoms with van der Waals surface area (Å²) in [6, 6.07) is 29.5. The predicted molar refractivity (Wildman–Crippen MR) is 198 cm³/mol. The number of nitrogen functional groups attached to an aromatic ring is 1. The number of amides is 2. The van der Waals surface area contributed by atoms with Crippen LogP contribution in [0.5, 0.6) is 11.5 Å². The van der Waals surface area contributed by atoms with Crippen LogP contribution in [0.4, 0.5) is 11.4 Å². The molecule has 0 heterocycles. The van der Waals surface area contributed by atoms with Gasteiger partial charge in [0.25, 0.3) is 5.91 Å². The minimum atomic E-state index is -1.36. The molecule has 0 atom stereocenters. The maximum Gasteiger partial charge on any atom is 0.336 e. The second kappa shape index (κ2) is 12.5. The van der Waals surface area contributed by atoms with Gasteiger partial charge < -0.3 is 31.7 Å². The number of fused-ring (bicyclic) bond motifs is 5. The molecular weight excluding hydrogens is 646 g/mol. The van der Waals surface area contributed by atoms with Crippen molar-refractivity contribution in [2.45, 2.75) is 19.8 Å². The van der Waals surface area contributed by atoms with Gasteiger partial charge in [0.2, 0.25) is 5.91 Å². The molecule has 252 valence electrons. The number of benzene rings is 7. The highest BCUT2D eigenvalue weighted by Crippen LogP contribution is 2.40. The van der Waals surface area contributed by atoms with Crippen LogP contribution >= 0.6 is 0 Å². The summed E-state index contributed by atoms with van der Waals surface area (Å²) in [5, 5.41) is 27.7. The summed E-state index contributed by atoms with van der Waals surface area (Å²) < 4.78 is 6.47. The summed E-state index contributed by atoms with van der Waals surface area (Å²) in [7, 11) is 0. The van der Waals surface area contributed by atoms with Crippen molar-refractivity contribution in [1.29, 1.82) is 0 Å². The summed E-state index contributed by atoms with van der Waals surface area (Å²) in [5.41, 5.74) is 12.9. The van der Waals surface area contributed by atoms with E-state index in [0.29, 0.717) is 50.3 Å². The standard InChI is InChI=1S/C41H31N3O7/c1-20(2)21-5-9-28(10-6-21)51-37-29-11-7-26(42)14-24(29)13-25-15-27(8-12-30(25)37)44-39(46)34-17-23-4-3-22-16-33(38(43)45)35(40(47)48)18-31(22)32(23)19-36(34)41(49)50/h3-20H,42H2,1-2H3,(H2,43,45)(H,44,46)(H,47,48)(H,49,50). The molecule has 0 radical (unpaired) electrons. The first kappa shape index (κ1) is 32.6. The zero-order valence-electron chi connectivity index (χ0n) is 27.5. The fourth-order valence-electron chi connectivity index (χ4n) is 6.43. The van der Waals surface area contributed by atoms with E-state index in [-0.39, 0.29) is 22.3 Å². The zero-order chi connectivity index (χ0) is 36.1. The Hall–Kier alpha value is -6.94. The topological polar surface area (TPSA) is 182 Å². The summed E-state index contributed by atoms with van der Waals surface area (Å²) >= 11 is 0. The first-order chi connectivity index (χ1) is 24.4. The predicted octanol–water partition coefficient (Wildman–Crippen LogP) is 8.54. The van der Waals surface area contributed by atoms with Crippen LogP contribution in [-0.4, -0.2) is 34.0 Å². The van der Waals surface area contributed by atoms with Crippen LogP contribution in [0.3, 0.4) is 0 Å². The fraction of sp³-hybridized carbons (Fsp3) is 0.0732. The number of nitrogens with one attached hydrogen (secondary N) is 1. The Labute approximate surface area is 290 Å². The Morgan fingerprint density at radius 1 is 0.608 bits per heavy atom. The van der Waals surface area contributed by atoms with Crippen LogP contribution in [-0.2, 0) is 0 Å². The van der Waals surface area contributed by atoms with E-state index in [1.807, 2.05) is 54.6 Å². The van der Waals surface area contributed by atoms with Crippen molar-refractivity contribution in [2.75, 3.05) is 11.1 Å². The van der Waals surface area contributed by atoms with Gasteiger partial charge in [-0.1, -0.05) is 38.1 Å². The van der Waals surface area contributed by atoms with Gasteiger partial charge in [0.15, 0.2) is 0 Å². The summed E-state index contributed by atoms with van der Waals surface area (Å²) in [5.74, 6) is -2.60. The van der Waals surface area contributed by atoms with Crippen LogP contribution in [0.2, 0.25) is 0 Å². The van der Waals surface area contributed by atoms with Crippen LogP contribution < -0.4 is 21.5 Å². The molecule has 0 aliphatic rings. The van der Waals surface area contributed by atoms with Gasteiger partial charge in [0.1, 0.15) is 11.5 Å². The molecule has 0 saturated heterocycles. The lowest BCUT2D eigenvalue weighted by Gasteiger charge is -2.16. The molecule has 51 heavy (non-hydrogen) atoms. The number of rotatable bonds is 8. The van der Waals surface area contributed by atoms with E-state index in [0.717, 1.165) is 21.5 Å². The van der Waals surface area contributed by atoms with Gasteiger partial charge in [-0.2, -0.15) is 0 Å². The molecule has 0 aromatic heterocycles. The maximum absolute atomic E-state index is 13.7. The quantitative estimate of drug-likeness (QED) is 0.0602. The number of anilines is 2. The van der Waals surface area contributed by atoms with Crippen LogP contribution in [0.25, 0.3) is 43.1 Å². The molecule has 0 unspecified atom stereocenters. The normalized spacial score (nSPS) is 11.4. The van der Waals surface area contributed by atoms with Crippen molar-refractivity contribution in [3.63, 3.8) is 0 Å². The van der Waals surface area contributed by atoms with E-state index in [9.17, 15) is 29.4 Å². The van der Waals surface area contributed by atoms with Gasteiger partial charge in [-0.15, -0.1) is 0 Å². The van der Waals surface area contributed by atoms with E-state index in [2.05, 4.69) is 19.2 Å². The SMILES string of the molecule is CC(C)c1ccc(Oc2c3ccc(N)cc3cc3cc(NC(=O)c4cc5ccc6cc(C(N)=O)c(C(=O)O)cc6c5cc4C(=O)O)ccc23)cc1. The van der Waals surface area contributed by atoms with Gasteiger partial charge in [0.05, 0.1) is 22.3 Å². The first-order valence-electron chi connectivity index (χ1n) is 16.0. The third-order valence-corrected chi connectivity index (χ3v) is 9.03. The zero-order valence-corrected chi connectivity index (χ0v) is 27.5. The maximum atomic E-state index is 13.7. The number of hydrogen-bond donors (Lipinski definition) is 5. The number of carbonyl (C=O) groups is 4. The second-order valence-electron chi connectivity index (χ2n) is 12.7. The molecule has 10 nitrogen and oxygen atoms in total. The summed E-state index contributed by atoms with van der Waals surface area (Å²) in [6.45, 7) is 4.25. The van der Waals surface area contributed by atoms with E-state index >= 15 is 0 Å². The second-order valence-corrected chi connectivity index (χ2v) is 12.7. The summed E-state index contributed by atoms with van der Waals surface area (Å²) in [4.78, 5) is 50.1. The number of ether oxygens (including phenoxy) is 1. The Morgan fingerprint density at radius 3 is 1.76 bits per heavy atom. The van der Waals surface area contributed by atoms with E-state index < -0.39 is 23.8 Å². The molecule has 10 heteroatoms. The third-order valence-electron chi connectivity index (χ3n) is 9.03. The largest absolute Gasteiger partial charge is 0.478 e. The average molecular weight is 678 g/mol. The van der Waals surface area contributed by atoms with Crippen LogP contribution in [0.1, 0.15) is 66.8 Å². The number of aromatic carboxylic acids is 2. The molecule has 7 N–H and O–H groups in total. The molecule has 0 aliphatic carbocycles. The molecule has 0 bridgehead atoms. The van der Waals surface area contributed by atoms with Crippen molar-refractivity contribution < 1.29 is 34.1 Å². The van der Waals surface area contributed by atoms with E-state index in [1.54, 1.807) is 24.3 Å². The lowest BCUT2D eigenvalue weighted by molar-refractivity contribution is 0.0683. The van der Waals surface area contributed by atoms with Gasteiger partial charge in [0, 0.05) is 22.1 Å². The number of primary amides is 1. The number of nitrogens with two attached hydrogens (primary N) is 2. The van der Waals surface area contributed by atoms with Gasteiger partial charge in [-0.05, 0) is 123 Å². The Morgan fingerprint density at radius 2 is 1.18 bits per heavy atom. The number of carboxylic acid groups (broad SMARTS) is 2. The lowest BCUT2D eigenvalue weighted by atomic mass is 9.93. The highest BCUT2D eigenvalue weighted by molar-refractivity contribution is 6.19. The van der Waals surface area contributed by atoms with Crippen molar-refractivity contribution in [3.8, 4) is 11.5 Å². The summed E-state index contributed by atoms with van der Waals surface area (Å²) in [6.07, 6.45) is 0. The van der Waals surface area contributed by atoms with E-state index in [4.69, 9.17) is 16.2 Å². The van der Waals surface area contributed by atoms with Crippen molar-refractivity contribution >= 4 is 78.2 Å². The Kier molecular flexibility index (Phi) is 7.99. The Bertz CT molecular complexity index is 2630. The van der Waals surface area contributed by atoms with Gasteiger partial charge in [-0.25, -0.2) is 9.59 Å². The number of carbonyl (C=O) groups excluding carboxylic acids is 2. The molecule has 0 aliphatic heterocycles. The highest BCUT2D eigenvalue weighted by atomic mass is 16.5. The monoisotopic (exact) mass is 677 g/mol. The minimum Gasteiger partial charge on any atom is -0.478 e. The average Bonchev–Trinajstić information content (AvgIpc) is 3.10. The lowest BCUT2D eigenvalue weighted by Crippen LogP contribution is -2.17. The van der Waals surface area contributed by atoms with Gasteiger partial charge >= 0.3 is 11.9 Å². The van der Waals surface area contributed by atoms with Crippen LogP contribution in [0.15, 0.2) is 103 Å². The smallest absolute Gasteiger partial charge is 0.336 e.